The van der Waals surface area contributed by atoms with Crippen molar-refractivity contribution in [2.24, 2.45) is 0 Å². The van der Waals surface area contributed by atoms with Gasteiger partial charge in [0.25, 0.3) is 5.91 Å². The lowest BCUT2D eigenvalue weighted by Gasteiger charge is -2.08. The molecule has 0 saturated heterocycles. The number of thiophene rings is 1. The number of amides is 1. The van der Waals surface area contributed by atoms with Crippen molar-refractivity contribution in [1.82, 2.24) is 5.32 Å². The zero-order chi connectivity index (χ0) is 13.0. The third-order valence-electron chi connectivity index (χ3n) is 2.77. The Morgan fingerprint density at radius 2 is 2.06 bits per heavy atom. The van der Waals surface area contributed by atoms with Crippen molar-refractivity contribution in [3.05, 3.63) is 56.2 Å². The fraction of sp³-hybridized carbons (Fsp3) is 0.214. The molecule has 1 heterocycles. The second-order valence-corrected chi connectivity index (χ2v) is 6.23. The summed E-state index contributed by atoms with van der Waals surface area (Å²) in [4.78, 5) is 11.9. The molecule has 0 fully saturated rings. The summed E-state index contributed by atoms with van der Waals surface area (Å²) in [7, 11) is 0. The highest BCUT2D eigenvalue weighted by Crippen LogP contribution is 2.20. The Morgan fingerprint density at radius 1 is 1.33 bits per heavy atom. The van der Waals surface area contributed by atoms with Crippen LogP contribution in [0.1, 0.15) is 28.4 Å². The summed E-state index contributed by atoms with van der Waals surface area (Å²) in [5.41, 5.74) is 3.17. The highest BCUT2D eigenvalue weighted by molar-refractivity contribution is 9.11. The van der Waals surface area contributed by atoms with Gasteiger partial charge in [-0.15, -0.1) is 11.3 Å². The molecule has 0 aliphatic heterocycles. The van der Waals surface area contributed by atoms with Crippen LogP contribution >= 0.6 is 27.3 Å². The number of hydrogen-bond donors (Lipinski definition) is 1. The quantitative estimate of drug-likeness (QED) is 0.905. The standard InChI is InChI=1S/C14H14BrNOS/c1-2-10-5-3-4-6-11(10)8-16-14(17)12-7-13(15)18-9-12/h3-7,9H,2,8H2,1H3,(H,16,17). The molecule has 1 N–H and O–H groups in total. The highest BCUT2D eigenvalue weighted by atomic mass is 79.9. The normalized spacial score (nSPS) is 10.3. The molecule has 2 aromatic rings. The Bertz CT molecular complexity index is 550. The molecular weight excluding hydrogens is 310 g/mol. The summed E-state index contributed by atoms with van der Waals surface area (Å²) in [6, 6.07) is 10.0. The molecule has 0 aliphatic carbocycles. The van der Waals surface area contributed by atoms with Crippen LogP contribution in [0.5, 0.6) is 0 Å². The summed E-state index contributed by atoms with van der Waals surface area (Å²) >= 11 is 4.88. The average Bonchev–Trinajstić information content (AvgIpc) is 2.83. The summed E-state index contributed by atoms with van der Waals surface area (Å²) in [6.45, 7) is 2.70. The first-order valence-corrected chi connectivity index (χ1v) is 7.47. The third kappa shape index (κ3) is 3.21. The Morgan fingerprint density at radius 3 is 2.67 bits per heavy atom. The van der Waals surface area contributed by atoms with E-state index in [9.17, 15) is 4.79 Å². The number of hydrogen-bond acceptors (Lipinski definition) is 2. The molecule has 1 aromatic heterocycles. The van der Waals surface area contributed by atoms with Gasteiger partial charge >= 0.3 is 0 Å². The number of halogens is 1. The number of aryl methyl sites for hydroxylation is 1. The first-order chi connectivity index (χ1) is 8.70. The molecule has 0 aliphatic rings. The summed E-state index contributed by atoms with van der Waals surface area (Å²) in [5.74, 6) is -0.0251. The van der Waals surface area contributed by atoms with Gasteiger partial charge in [0, 0.05) is 11.9 Å². The Hall–Kier alpha value is -1.13. The van der Waals surface area contributed by atoms with Gasteiger partial charge in [-0.25, -0.2) is 0 Å². The molecule has 2 nitrogen and oxygen atoms in total. The molecule has 1 amide bonds. The van der Waals surface area contributed by atoms with E-state index in [1.165, 1.54) is 22.5 Å². The second kappa shape index (κ2) is 6.16. The van der Waals surface area contributed by atoms with Crippen LogP contribution in [0.2, 0.25) is 0 Å². The molecule has 4 heteroatoms. The molecular formula is C14H14BrNOS. The number of carbonyl (C=O) groups is 1. The first-order valence-electron chi connectivity index (χ1n) is 5.79. The maximum atomic E-state index is 11.9. The van der Waals surface area contributed by atoms with Gasteiger partial charge in [0.05, 0.1) is 9.35 Å². The Labute approximate surface area is 119 Å². The van der Waals surface area contributed by atoms with Crippen LogP contribution in [0, 0.1) is 0 Å². The van der Waals surface area contributed by atoms with Crippen LogP contribution in [-0.2, 0) is 13.0 Å². The van der Waals surface area contributed by atoms with Crippen LogP contribution in [0.4, 0.5) is 0 Å². The van der Waals surface area contributed by atoms with E-state index in [-0.39, 0.29) is 5.91 Å². The molecule has 94 valence electrons. The average molecular weight is 324 g/mol. The summed E-state index contributed by atoms with van der Waals surface area (Å²) in [5, 5.41) is 4.80. The van der Waals surface area contributed by atoms with Crippen LogP contribution in [0.15, 0.2) is 39.5 Å². The van der Waals surface area contributed by atoms with Gasteiger partial charge < -0.3 is 5.32 Å². The number of nitrogens with one attached hydrogen (secondary N) is 1. The Balaban J connectivity index is 2.01. The van der Waals surface area contributed by atoms with Crippen molar-refractivity contribution in [1.29, 1.82) is 0 Å². The molecule has 0 radical (unpaired) electrons. The maximum absolute atomic E-state index is 11.9. The van der Waals surface area contributed by atoms with Crippen molar-refractivity contribution in [2.45, 2.75) is 19.9 Å². The Kier molecular flexibility index (Phi) is 4.55. The van der Waals surface area contributed by atoms with Gasteiger partial charge in [-0.3, -0.25) is 4.79 Å². The molecule has 0 atom stereocenters. The fourth-order valence-corrected chi connectivity index (χ4v) is 2.92. The fourth-order valence-electron chi connectivity index (χ4n) is 1.78. The predicted octanol–water partition coefficient (Wildman–Crippen LogP) is 4.00. The van der Waals surface area contributed by atoms with Gasteiger partial charge in [0.1, 0.15) is 0 Å². The molecule has 2 rings (SSSR count). The van der Waals surface area contributed by atoms with Crippen LogP contribution in [0.25, 0.3) is 0 Å². The third-order valence-corrected chi connectivity index (χ3v) is 4.27. The first kappa shape index (κ1) is 13.3. The SMILES string of the molecule is CCc1ccccc1CNC(=O)c1csc(Br)c1. The van der Waals surface area contributed by atoms with Crippen molar-refractivity contribution in [3.8, 4) is 0 Å². The molecule has 0 unspecified atom stereocenters. The van der Waals surface area contributed by atoms with Crippen molar-refractivity contribution in [2.75, 3.05) is 0 Å². The van der Waals surface area contributed by atoms with Crippen LogP contribution < -0.4 is 5.32 Å². The van der Waals surface area contributed by atoms with Crippen LogP contribution in [0.3, 0.4) is 0 Å². The highest BCUT2D eigenvalue weighted by Gasteiger charge is 2.08. The van der Waals surface area contributed by atoms with Crippen molar-refractivity contribution >= 4 is 33.2 Å². The van der Waals surface area contributed by atoms with Gasteiger partial charge in [0.15, 0.2) is 0 Å². The number of benzene rings is 1. The number of carbonyl (C=O) groups excluding carboxylic acids is 1. The van der Waals surface area contributed by atoms with E-state index in [0.717, 1.165) is 10.2 Å². The minimum atomic E-state index is -0.0251. The van der Waals surface area contributed by atoms with E-state index in [1.54, 1.807) is 0 Å². The topological polar surface area (TPSA) is 29.1 Å². The van der Waals surface area contributed by atoms with Gasteiger partial charge in [-0.1, -0.05) is 31.2 Å². The minimum Gasteiger partial charge on any atom is -0.348 e. The van der Waals surface area contributed by atoms with E-state index in [0.29, 0.717) is 12.1 Å². The van der Waals surface area contributed by atoms with Gasteiger partial charge in [0.2, 0.25) is 0 Å². The summed E-state index contributed by atoms with van der Waals surface area (Å²) in [6.07, 6.45) is 0.982. The van der Waals surface area contributed by atoms with Crippen LogP contribution in [-0.4, -0.2) is 5.91 Å². The second-order valence-electron chi connectivity index (χ2n) is 3.94. The van der Waals surface area contributed by atoms with Gasteiger partial charge in [-0.2, -0.15) is 0 Å². The lowest BCUT2D eigenvalue weighted by Crippen LogP contribution is -2.22. The van der Waals surface area contributed by atoms with E-state index in [4.69, 9.17) is 0 Å². The van der Waals surface area contributed by atoms with Gasteiger partial charge in [-0.05, 0) is 39.5 Å². The minimum absolute atomic E-state index is 0.0251. The number of rotatable bonds is 4. The van der Waals surface area contributed by atoms with E-state index in [2.05, 4.69) is 40.3 Å². The lowest BCUT2D eigenvalue weighted by molar-refractivity contribution is 0.0951. The largest absolute Gasteiger partial charge is 0.348 e. The molecule has 1 aromatic carbocycles. The monoisotopic (exact) mass is 323 g/mol. The van der Waals surface area contributed by atoms with E-state index >= 15 is 0 Å². The zero-order valence-electron chi connectivity index (χ0n) is 10.1. The smallest absolute Gasteiger partial charge is 0.252 e. The summed E-state index contributed by atoms with van der Waals surface area (Å²) < 4.78 is 0.974. The van der Waals surface area contributed by atoms with Crippen molar-refractivity contribution < 1.29 is 4.79 Å². The molecule has 0 bridgehead atoms. The van der Waals surface area contributed by atoms with Crippen molar-refractivity contribution in [3.63, 3.8) is 0 Å². The lowest BCUT2D eigenvalue weighted by atomic mass is 10.1. The molecule has 0 spiro atoms. The molecule has 18 heavy (non-hydrogen) atoms. The molecule has 0 saturated carbocycles. The predicted molar refractivity (Wildman–Crippen MR) is 79.0 cm³/mol. The van der Waals surface area contributed by atoms with E-state index < -0.39 is 0 Å². The maximum Gasteiger partial charge on any atom is 0.252 e. The van der Waals surface area contributed by atoms with E-state index in [1.807, 2.05) is 23.6 Å². The zero-order valence-corrected chi connectivity index (χ0v) is 12.5.